The summed E-state index contributed by atoms with van der Waals surface area (Å²) in [5.41, 5.74) is 0.656. The van der Waals surface area contributed by atoms with Gasteiger partial charge in [0.15, 0.2) is 17.5 Å². The van der Waals surface area contributed by atoms with Crippen LogP contribution in [0.4, 0.5) is 17.6 Å². The zero-order valence-corrected chi connectivity index (χ0v) is 12.0. The summed E-state index contributed by atoms with van der Waals surface area (Å²) in [6.45, 7) is 2.47. The zero-order chi connectivity index (χ0) is 15.9. The predicted molar refractivity (Wildman–Crippen MR) is 74.9 cm³/mol. The van der Waals surface area contributed by atoms with Crippen LogP contribution >= 0.6 is 0 Å². The highest BCUT2D eigenvalue weighted by Gasteiger charge is 2.29. The van der Waals surface area contributed by atoms with Crippen LogP contribution in [0.3, 0.4) is 0 Å². The van der Waals surface area contributed by atoms with E-state index < -0.39 is 23.3 Å². The zero-order valence-electron chi connectivity index (χ0n) is 12.0. The number of ether oxygens (including phenoxy) is 1. The second-order valence-electron chi connectivity index (χ2n) is 5.33. The summed E-state index contributed by atoms with van der Waals surface area (Å²) in [5.74, 6) is -4.36. The van der Waals surface area contributed by atoms with Gasteiger partial charge in [0, 0.05) is 23.6 Å². The molecule has 0 bridgehead atoms. The van der Waals surface area contributed by atoms with Gasteiger partial charge in [-0.05, 0) is 29.7 Å². The maximum atomic E-state index is 14.3. The molecule has 116 valence electrons. The predicted octanol–water partition coefficient (Wildman–Crippen LogP) is 4.99. The molecule has 1 aliphatic rings. The van der Waals surface area contributed by atoms with Crippen LogP contribution in [0.15, 0.2) is 18.2 Å². The summed E-state index contributed by atoms with van der Waals surface area (Å²) < 4.78 is 60.3. The Bertz CT molecular complexity index is 740. The van der Waals surface area contributed by atoms with E-state index in [9.17, 15) is 17.6 Å². The molecule has 1 nitrogen and oxygen atoms in total. The van der Waals surface area contributed by atoms with Gasteiger partial charge in [0.05, 0.1) is 6.61 Å². The van der Waals surface area contributed by atoms with Crippen LogP contribution in [0.1, 0.15) is 30.9 Å². The lowest BCUT2D eigenvalue weighted by molar-refractivity contribution is 0.307. The molecule has 2 aromatic carbocycles. The first-order valence-corrected chi connectivity index (χ1v) is 7.14. The number of benzene rings is 2. The Balaban J connectivity index is 2.03. The fourth-order valence-electron chi connectivity index (χ4n) is 2.71. The van der Waals surface area contributed by atoms with Gasteiger partial charge < -0.3 is 4.74 Å². The van der Waals surface area contributed by atoms with Gasteiger partial charge in [-0.25, -0.2) is 17.6 Å². The number of unbranched alkanes of at least 4 members (excludes halogenated alkanes) is 1. The van der Waals surface area contributed by atoms with Crippen LogP contribution in [0.25, 0.3) is 11.1 Å². The van der Waals surface area contributed by atoms with Gasteiger partial charge in [-0.3, -0.25) is 0 Å². The molecule has 0 aliphatic heterocycles. The van der Waals surface area contributed by atoms with Crippen LogP contribution in [-0.2, 0) is 6.42 Å². The van der Waals surface area contributed by atoms with E-state index in [1.54, 1.807) is 6.07 Å². The van der Waals surface area contributed by atoms with Crippen molar-refractivity contribution in [2.24, 2.45) is 0 Å². The third-order valence-corrected chi connectivity index (χ3v) is 3.81. The summed E-state index contributed by atoms with van der Waals surface area (Å²) >= 11 is 0. The maximum absolute atomic E-state index is 14.3. The van der Waals surface area contributed by atoms with Gasteiger partial charge >= 0.3 is 0 Å². The minimum atomic E-state index is -1.52. The molecule has 0 aromatic heterocycles. The Hall–Kier alpha value is -2.04. The van der Waals surface area contributed by atoms with Gasteiger partial charge in [-0.2, -0.15) is 0 Å². The first-order valence-electron chi connectivity index (χ1n) is 7.14. The number of hydrogen-bond donors (Lipinski definition) is 0. The van der Waals surface area contributed by atoms with Crippen LogP contribution in [0, 0.1) is 23.3 Å². The molecule has 0 saturated heterocycles. The molecule has 3 rings (SSSR count). The van der Waals surface area contributed by atoms with Crippen LogP contribution in [0.2, 0.25) is 0 Å². The highest BCUT2D eigenvalue weighted by Crippen LogP contribution is 2.42. The Morgan fingerprint density at radius 3 is 2.50 bits per heavy atom. The Kier molecular flexibility index (Phi) is 3.81. The molecule has 2 aromatic rings. The van der Waals surface area contributed by atoms with Gasteiger partial charge in [0.1, 0.15) is 11.6 Å². The van der Waals surface area contributed by atoms with Gasteiger partial charge in [0.2, 0.25) is 0 Å². The lowest BCUT2D eigenvalue weighted by atomic mass is 10.0. The molecule has 22 heavy (non-hydrogen) atoms. The van der Waals surface area contributed by atoms with E-state index in [0.29, 0.717) is 17.9 Å². The Morgan fingerprint density at radius 2 is 1.77 bits per heavy atom. The molecular weight excluding hydrogens is 296 g/mol. The van der Waals surface area contributed by atoms with Crippen molar-refractivity contribution >= 4 is 0 Å². The number of halogens is 4. The van der Waals surface area contributed by atoms with E-state index >= 15 is 0 Å². The molecule has 0 amide bonds. The normalized spacial score (nSPS) is 12.2. The van der Waals surface area contributed by atoms with Crippen molar-refractivity contribution in [3.05, 3.63) is 52.6 Å². The standard InChI is InChI=1S/C17H14F4O/c1-2-3-4-22-10-5-9-6-12-11(15(9)13(18)7-10)8-14(19)17(21)16(12)20/h5,7-8H,2-4,6H2,1H3. The Morgan fingerprint density at radius 1 is 1.00 bits per heavy atom. The SMILES string of the molecule is CCCCOc1cc(F)c2c(c1)Cc1c-2cc(F)c(F)c1F. The smallest absolute Gasteiger partial charge is 0.194 e. The van der Waals surface area contributed by atoms with Crippen LogP contribution in [-0.4, -0.2) is 6.61 Å². The van der Waals surface area contributed by atoms with Crippen molar-refractivity contribution in [2.45, 2.75) is 26.2 Å². The fourth-order valence-corrected chi connectivity index (χ4v) is 2.71. The second-order valence-corrected chi connectivity index (χ2v) is 5.33. The van der Waals surface area contributed by atoms with Crippen molar-refractivity contribution in [3.8, 4) is 16.9 Å². The van der Waals surface area contributed by atoms with Crippen molar-refractivity contribution in [2.75, 3.05) is 6.61 Å². The summed E-state index contributed by atoms with van der Waals surface area (Å²) in [4.78, 5) is 0. The molecule has 0 spiro atoms. The lowest BCUT2D eigenvalue weighted by Crippen LogP contribution is -1.98. The van der Waals surface area contributed by atoms with Crippen LogP contribution in [0.5, 0.6) is 5.75 Å². The molecule has 0 fully saturated rings. The molecular formula is C17H14F4O. The van der Waals surface area contributed by atoms with Crippen molar-refractivity contribution in [1.29, 1.82) is 0 Å². The van der Waals surface area contributed by atoms with E-state index in [2.05, 4.69) is 0 Å². The quantitative estimate of drug-likeness (QED) is 0.374. The number of fused-ring (bicyclic) bond motifs is 3. The van der Waals surface area contributed by atoms with Crippen molar-refractivity contribution in [1.82, 2.24) is 0 Å². The van der Waals surface area contributed by atoms with E-state index in [4.69, 9.17) is 4.74 Å². The van der Waals surface area contributed by atoms with E-state index in [1.165, 1.54) is 6.07 Å². The summed E-state index contributed by atoms with van der Waals surface area (Å²) in [6.07, 6.45) is 1.81. The Labute approximate surface area is 125 Å². The second kappa shape index (κ2) is 5.63. The highest BCUT2D eigenvalue weighted by molar-refractivity contribution is 5.78. The highest BCUT2D eigenvalue weighted by atomic mass is 19.2. The topological polar surface area (TPSA) is 9.23 Å². The molecule has 0 heterocycles. The van der Waals surface area contributed by atoms with Crippen LogP contribution < -0.4 is 4.74 Å². The van der Waals surface area contributed by atoms with Gasteiger partial charge in [0.25, 0.3) is 0 Å². The summed E-state index contributed by atoms with van der Waals surface area (Å²) in [5, 5.41) is 0. The minimum absolute atomic E-state index is 0.0153. The average Bonchev–Trinajstić information content (AvgIpc) is 2.84. The molecule has 0 saturated carbocycles. The first kappa shape index (κ1) is 14.9. The van der Waals surface area contributed by atoms with Crippen molar-refractivity contribution < 1.29 is 22.3 Å². The molecule has 1 aliphatic carbocycles. The summed E-state index contributed by atoms with van der Waals surface area (Å²) in [7, 11) is 0. The fraction of sp³-hybridized carbons (Fsp3) is 0.294. The molecule has 0 N–H and O–H groups in total. The lowest BCUT2D eigenvalue weighted by Gasteiger charge is -2.09. The van der Waals surface area contributed by atoms with Crippen molar-refractivity contribution in [3.63, 3.8) is 0 Å². The minimum Gasteiger partial charge on any atom is -0.493 e. The van der Waals surface area contributed by atoms with Gasteiger partial charge in [-0.15, -0.1) is 0 Å². The number of hydrogen-bond acceptors (Lipinski definition) is 1. The van der Waals surface area contributed by atoms with E-state index in [1.807, 2.05) is 6.92 Å². The maximum Gasteiger partial charge on any atom is 0.194 e. The van der Waals surface area contributed by atoms with E-state index in [0.717, 1.165) is 18.9 Å². The van der Waals surface area contributed by atoms with Gasteiger partial charge in [-0.1, -0.05) is 13.3 Å². The number of rotatable bonds is 4. The third-order valence-electron chi connectivity index (χ3n) is 3.81. The molecule has 0 atom stereocenters. The monoisotopic (exact) mass is 310 g/mol. The first-order chi connectivity index (χ1) is 10.5. The molecule has 0 radical (unpaired) electrons. The average molecular weight is 310 g/mol. The largest absolute Gasteiger partial charge is 0.493 e. The summed E-state index contributed by atoms with van der Waals surface area (Å²) in [6, 6.07) is 3.65. The molecule has 0 unspecified atom stereocenters. The van der Waals surface area contributed by atoms with E-state index in [-0.39, 0.29) is 23.1 Å². The molecule has 5 heteroatoms. The third kappa shape index (κ3) is 2.34.